The third-order valence-corrected chi connectivity index (χ3v) is 8.14. The lowest BCUT2D eigenvalue weighted by atomic mass is 9.93. The van der Waals surface area contributed by atoms with Gasteiger partial charge < -0.3 is 20.0 Å². The minimum Gasteiger partial charge on any atom is -0.481 e. The molecule has 0 aromatic heterocycles. The van der Waals surface area contributed by atoms with E-state index < -0.39 is 11.9 Å². The standard InChI is InChI=1S/C16H33N.C15H31N.2C2H4O2/c1-3-5-6-7-8-9-13-17-14-10-12-16(15-17)11-4-2;1-3-5-6-7-8-9-12-16-13-10-11-15(4-2)14-16;2*1-2(3)4/h16H,3-15H2,1-2H3;15H,3-14H2,1-2H3;2*1H3,(H,3,4). The van der Waals surface area contributed by atoms with E-state index in [1.807, 2.05) is 0 Å². The number of rotatable bonds is 17. The molecule has 2 N–H and O–H groups in total. The van der Waals surface area contributed by atoms with Gasteiger partial charge in [0.05, 0.1) is 0 Å². The minimum absolute atomic E-state index is 0.833. The lowest BCUT2D eigenvalue weighted by Crippen LogP contribution is -2.35. The van der Waals surface area contributed by atoms with Gasteiger partial charge in [-0.3, -0.25) is 9.59 Å². The summed E-state index contributed by atoms with van der Waals surface area (Å²) in [6.07, 6.45) is 27.2. The second kappa shape index (κ2) is 31.8. The van der Waals surface area contributed by atoms with E-state index in [-0.39, 0.29) is 0 Å². The summed E-state index contributed by atoms with van der Waals surface area (Å²) in [4.78, 5) is 23.4. The van der Waals surface area contributed by atoms with Gasteiger partial charge in [-0.15, -0.1) is 0 Å². The molecule has 0 aliphatic carbocycles. The predicted octanol–water partition coefficient (Wildman–Crippen LogP) is 9.51. The number of piperidine rings is 2. The highest BCUT2D eigenvalue weighted by Gasteiger charge is 2.18. The van der Waals surface area contributed by atoms with Crippen molar-refractivity contribution < 1.29 is 19.8 Å². The van der Waals surface area contributed by atoms with Gasteiger partial charge in [-0.2, -0.15) is 0 Å². The van der Waals surface area contributed by atoms with E-state index >= 15 is 0 Å². The average Bonchev–Trinajstić information content (AvgIpc) is 2.93. The Labute approximate surface area is 256 Å². The first kappa shape index (κ1) is 42.0. The van der Waals surface area contributed by atoms with E-state index in [9.17, 15) is 0 Å². The number of carboxylic acid groups (broad SMARTS) is 2. The van der Waals surface area contributed by atoms with E-state index in [1.54, 1.807) is 0 Å². The zero-order valence-electron chi connectivity index (χ0n) is 28.4. The van der Waals surface area contributed by atoms with Gasteiger partial charge in [-0.25, -0.2) is 0 Å². The quantitative estimate of drug-likeness (QED) is 0.166. The second-order valence-electron chi connectivity index (χ2n) is 12.4. The molecule has 0 saturated carbocycles. The first-order chi connectivity index (χ1) is 19.7. The number of hydrogen-bond donors (Lipinski definition) is 2. The molecule has 2 fully saturated rings. The van der Waals surface area contributed by atoms with Crippen LogP contribution in [0, 0.1) is 11.8 Å². The van der Waals surface area contributed by atoms with Gasteiger partial charge in [-0.05, 0) is 83.0 Å². The largest absolute Gasteiger partial charge is 0.481 e. The molecular weight excluding hydrogens is 512 g/mol. The van der Waals surface area contributed by atoms with Crippen molar-refractivity contribution in [3.05, 3.63) is 0 Å². The highest BCUT2D eigenvalue weighted by Crippen LogP contribution is 2.21. The fourth-order valence-corrected chi connectivity index (χ4v) is 5.92. The van der Waals surface area contributed by atoms with Gasteiger partial charge in [0.25, 0.3) is 11.9 Å². The van der Waals surface area contributed by atoms with Crippen molar-refractivity contribution >= 4 is 11.9 Å². The Balaban J connectivity index is 0. The van der Waals surface area contributed by atoms with Crippen LogP contribution in [0.1, 0.15) is 164 Å². The Hall–Kier alpha value is -1.14. The van der Waals surface area contributed by atoms with Gasteiger partial charge >= 0.3 is 0 Å². The lowest BCUT2D eigenvalue weighted by Gasteiger charge is -2.32. The third kappa shape index (κ3) is 33.2. The lowest BCUT2D eigenvalue weighted by molar-refractivity contribution is -0.135. The number of unbranched alkanes of at least 4 members (excludes halogenated alkanes) is 10. The van der Waals surface area contributed by atoms with Crippen molar-refractivity contribution in [1.82, 2.24) is 9.80 Å². The summed E-state index contributed by atoms with van der Waals surface area (Å²) in [6, 6.07) is 0. The monoisotopic (exact) mass is 585 g/mol. The average molecular weight is 585 g/mol. The van der Waals surface area contributed by atoms with Crippen LogP contribution in [0.2, 0.25) is 0 Å². The van der Waals surface area contributed by atoms with Crippen molar-refractivity contribution in [3.8, 4) is 0 Å². The Morgan fingerprint density at radius 3 is 1.34 bits per heavy atom. The van der Waals surface area contributed by atoms with Crippen molar-refractivity contribution in [3.63, 3.8) is 0 Å². The molecule has 246 valence electrons. The number of carboxylic acids is 2. The van der Waals surface area contributed by atoms with Crippen LogP contribution in [0.5, 0.6) is 0 Å². The van der Waals surface area contributed by atoms with Gasteiger partial charge in [-0.1, -0.05) is 105 Å². The SMILES string of the molecule is CC(=O)O.CC(=O)O.CCCCCCCCN1CCCC(CC)C1.CCCCCCCCN1CCCC(CCC)C1. The van der Waals surface area contributed by atoms with Gasteiger partial charge in [0.15, 0.2) is 0 Å². The maximum absolute atomic E-state index is 9.00. The van der Waals surface area contributed by atoms with Crippen LogP contribution in [0.4, 0.5) is 0 Å². The van der Waals surface area contributed by atoms with Crippen LogP contribution in [0.15, 0.2) is 0 Å². The van der Waals surface area contributed by atoms with E-state index in [4.69, 9.17) is 19.8 Å². The molecule has 2 rings (SSSR count). The van der Waals surface area contributed by atoms with E-state index in [0.29, 0.717) is 0 Å². The highest BCUT2D eigenvalue weighted by molar-refractivity contribution is 5.63. The molecule has 41 heavy (non-hydrogen) atoms. The molecule has 2 heterocycles. The number of carbonyl (C=O) groups is 2. The summed E-state index contributed by atoms with van der Waals surface area (Å²) in [5.41, 5.74) is 0. The summed E-state index contributed by atoms with van der Waals surface area (Å²) in [5.74, 6) is 0.336. The molecule has 2 saturated heterocycles. The topological polar surface area (TPSA) is 81.1 Å². The van der Waals surface area contributed by atoms with E-state index in [0.717, 1.165) is 25.7 Å². The van der Waals surface area contributed by atoms with Crippen molar-refractivity contribution in [2.45, 2.75) is 164 Å². The number of hydrogen-bond acceptors (Lipinski definition) is 4. The van der Waals surface area contributed by atoms with E-state index in [2.05, 4.69) is 37.5 Å². The fraction of sp³-hybridized carbons (Fsp3) is 0.943. The molecule has 6 nitrogen and oxygen atoms in total. The van der Waals surface area contributed by atoms with Crippen LogP contribution in [-0.4, -0.2) is 71.2 Å². The minimum atomic E-state index is -0.833. The van der Waals surface area contributed by atoms with Crippen molar-refractivity contribution in [2.75, 3.05) is 39.3 Å². The molecular formula is C35H72N2O4. The molecule has 0 bridgehead atoms. The summed E-state index contributed by atoms with van der Waals surface area (Å²) < 4.78 is 0. The van der Waals surface area contributed by atoms with Crippen LogP contribution >= 0.6 is 0 Å². The summed E-state index contributed by atoms with van der Waals surface area (Å²) >= 11 is 0. The Morgan fingerprint density at radius 2 is 0.951 bits per heavy atom. The van der Waals surface area contributed by atoms with Crippen LogP contribution in [-0.2, 0) is 9.59 Å². The maximum Gasteiger partial charge on any atom is 0.300 e. The zero-order valence-corrected chi connectivity index (χ0v) is 28.4. The van der Waals surface area contributed by atoms with Crippen LogP contribution in [0.25, 0.3) is 0 Å². The molecule has 0 spiro atoms. The summed E-state index contributed by atoms with van der Waals surface area (Å²) in [5, 5.41) is 14.8. The van der Waals surface area contributed by atoms with Crippen LogP contribution in [0.3, 0.4) is 0 Å². The number of likely N-dealkylation sites (tertiary alicyclic amines) is 2. The molecule has 0 radical (unpaired) electrons. The number of aliphatic carboxylic acids is 2. The molecule has 2 aliphatic heterocycles. The number of nitrogens with zero attached hydrogens (tertiary/aromatic N) is 2. The smallest absolute Gasteiger partial charge is 0.300 e. The third-order valence-electron chi connectivity index (χ3n) is 8.14. The fourth-order valence-electron chi connectivity index (χ4n) is 5.92. The molecule has 0 aromatic rings. The van der Waals surface area contributed by atoms with Crippen molar-refractivity contribution in [1.29, 1.82) is 0 Å². The van der Waals surface area contributed by atoms with Crippen LogP contribution < -0.4 is 0 Å². The Morgan fingerprint density at radius 1 is 0.585 bits per heavy atom. The summed E-state index contributed by atoms with van der Waals surface area (Å²) in [6.45, 7) is 19.7. The molecule has 2 unspecified atom stereocenters. The Kier molecular flexibility index (Phi) is 32.6. The first-order valence-corrected chi connectivity index (χ1v) is 17.5. The Bertz CT molecular complexity index is 550. The van der Waals surface area contributed by atoms with Gasteiger partial charge in [0.2, 0.25) is 0 Å². The molecule has 0 aromatic carbocycles. The molecule has 6 heteroatoms. The van der Waals surface area contributed by atoms with Gasteiger partial charge in [0.1, 0.15) is 0 Å². The zero-order chi connectivity index (χ0) is 31.1. The highest BCUT2D eigenvalue weighted by atomic mass is 16.4. The second-order valence-corrected chi connectivity index (χ2v) is 12.4. The molecule has 2 aliphatic rings. The first-order valence-electron chi connectivity index (χ1n) is 17.5. The maximum atomic E-state index is 9.00. The van der Waals surface area contributed by atoms with Gasteiger partial charge in [0, 0.05) is 26.9 Å². The van der Waals surface area contributed by atoms with Crippen molar-refractivity contribution in [2.24, 2.45) is 11.8 Å². The molecule has 0 amide bonds. The predicted molar refractivity (Wildman–Crippen MR) is 177 cm³/mol. The molecule has 2 atom stereocenters. The summed E-state index contributed by atoms with van der Waals surface area (Å²) in [7, 11) is 0. The normalized spacial score (nSPS) is 19.1. The van der Waals surface area contributed by atoms with E-state index in [1.165, 1.54) is 161 Å².